The van der Waals surface area contributed by atoms with Crippen molar-refractivity contribution in [1.82, 2.24) is 24.2 Å². The zero-order chi connectivity index (χ0) is 25.6. The summed E-state index contributed by atoms with van der Waals surface area (Å²) < 4.78 is 29.4. The Morgan fingerprint density at radius 2 is 1.83 bits per heavy atom. The molecule has 0 saturated heterocycles. The van der Waals surface area contributed by atoms with Crippen molar-refractivity contribution in [3.63, 3.8) is 0 Å². The number of aryl methyl sites for hydroxylation is 2. The molecule has 3 aromatic rings. The summed E-state index contributed by atoms with van der Waals surface area (Å²) in [5, 5.41) is 14.0. The van der Waals surface area contributed by atoms with E-state index in [9.17, 15) is 18.3 Å². The molecule has 9 nitrogen and oxygen atoms in total. The van der Waals surface area contributed by atoms with E-state index in [1.807, 2.05) is 44.2 Å². The van der Waals surface area contributed by atoms with E-state index in [1.165, 1.54) is 16.8 Å². The van der Waals surface area contributed by atoms with E-state index >= 15 is 0 Å². The predicted molar refractivity (Wildman–Crippen MR) is 133 cm³/mol. The molecule has 0 fully saturated rings. The van der Waals surface area contributed by atoms with E-state index in [1.54, 1.807) is 36.7 Å². The van der Waals surface area contributed by atoms with Crippen LogP contribution in [0.2, 0.25) is 0 Å². The van der Waals surface area contributed by atoms with E-state index < -0.39 is 28.1 Å². The van der Waals surface area contributed by atoms with Gasteiger partial charge in [-0.3, -0.25) is 4.79 Å². The maximum absolute atomic E-state index is 13.3. The first-order valence-corrected chi connectivity index (χ1v) is 12.9. The molecule has 10 heteroatoms. The highest BCUT2D eigenvalue weighted by atomic mass is 32.2. The maximum atomic E-state index is 13.3. The molecule has 0 spiro atoms. The fourth-order valence-electron chi connectivity index (χ4n) is 3.73. The Morgan fingerprint density at radius 1 is 1.11 bits per heavy atom. The molecule has 0 aliphatic carbocycles. The molecule has 0 aliphatic rings. The average molecular weight is 500 g/mol. The van der Waals surface area contributed by atoms with Gasteiger partial charge in [-0.25, -0.2) is 18.4 Å². The van der Waals surface area contributed by atoms with Crippen LogP contribution < -0.4 is 5.32 Å². The molecule has 0 bridgehead atoms. The highest BCUT2D eigenvalue weighted by Crippen LogP contribution is 2.18. The number of sulfonamides is 1. The topological polar surface area (TPSA) is 117 Å². The van der Waals surface area contributed by atoms with E-state index in [4.69, 9.17) is 0 Å². The summed E-state index contributed by atoms with van der Waals surface area (Å²) in [6.07, 6.45) is 1.99. The number of carbonyl (C=O) groups is 1. The van der Waals surface area contributed by atoms with Gasteiger partial charge in [0.2, 0.25) is 0 Å². The first-order chi connectivity index (χ1) is 16.6. The molecule has 188 valence electrons. The first-order valence-electron chi connectivity index (χ1n) is 11.5. The van der Waals surface area contributed by atoms with Crippen LogP contribution >= 0.6 is 0 Å². The summed E-state index contributed by atoms with van der Waals surface area (Å²) in [7, 11) is -2.25. The molecule has 2 heterocycles. The standard InChI is InChI=1S/C25H33N5O4S/c1-18(2)14-30(35(33,34)24-16-29(4)17-26-24)15-23(31)22(13-20-10-6-5-7-11-20)28-25(32)21-12-8-9-19(3)27-21/h5-12,16-18,22-23,31H,13-15H2,1-4H3,(H,28,32). The molecule has 0 aliphatic heterocycles. The third-order valence-electron chi connectivity index (χ3n) is 5.45. The minimum Gasteiger partial charge on any atom is -0.390 e. The van der Waals surface area contributed by atoms with Crippen molar-refractivity contribution < 1.29 is 18.3 Å². The number of hydrogen-bond donors (Lipinski definition) is 2. The second-order valence-corrected chi connectivity index (χ2v) is 11.0. The summed E-state index contributed by atoms with van der Waals surface area (Å²) in [4.78, 5) is 21.2. The number of imidazole rings is 1. The van der Waals surface area contributed by atoms with Crippen LogP contribution in [0, 0.1) is 12.8 Å². The SMILES string of the molecule is Cc1cccc(C(=O)NC(Cc2ccccc2)C(O)CN(CC(C)C)S(=O)(=O)c2cn(C)cn2)n1. The summed E-state index contributed by atoms with van der Waals surface area (Å²) in [6, 6.07) is 13.8. The second-order valence-electron chi connectivity index (χ2n) is 9.09. The smallest absolute Gasteiger partial charge is 0.270 e. The van der Waals surface area contributed by atoms with Crippen LogP contribution in [-0.4, -0.2) is 63.5 Å². The van der Waals surface area contributed by atoms with Crippen LogP contribution in [0.1, 0.15) is 35.6 Å². The molecule has 2 aromatic heterocycles. The Kier molecular flexibility index (Phi) is 8.76. The van der Waals surface area contributed by atoms with Crippen molar-refractivity contribution in [1.29, 1.82) is 0 Å². The molecular formula is C25H33N5O4S. The zero-order valence-corrected chi connectivity index (χ0v) is 21.3. The van der Waals surface area contributed by atoms with Crippen LogP contribution in [0.5, 0.6) is 0 Å². The van der Waals surface area contributed by atoms with Crippen LogP contribution in [0.4, 0.5) is 0 Å². The van der Waals surface area contributed by atoms with Crippen molar-refractivity contribution in [2.24, 2.45) is 13.0 Å². The number of hydrogen-bond acceptors (Lipinski definition) is 6. The molecular weight excluding hydrogens is 466 g/mol. The van der Waals surface area contributed by atoms with Crippen molar-refractivity contribution in [3.05, 3.63) is 78.0 Å². The summed E-state index contributed by atoms with van der Waals surface area (Å²) in [5.74, 6) is -0.420. The second kappa shape index (κ2) is 11.6. The van der Waals surface area contributed by atoms with E-state index in [-0.39, 0.29) is 29.7 Å². The van der Waals surface area contributed by atoms with Gasteiger partial charge in [-0.2, -0.15) is 4.31 Å². The lowest BCUT2D eigenvalue weighted by Gasteiger charge is -2.30. The van der Waals surface area contributed by atoms with Crippen molar-refractivity contribution >= 4 is 15.9 Å². The van der Waals surface area contributed by atoms with Gasteiger partial charge in [-0.15, -0.1) is 0 Å². The molecule has 35 heavy (non-hydrogen) atoms. The Balaban J connectivity index is 1.87. The van der Waals surface area contributed by atoms with E-state index in [2.05, 4.69) is 15.3 Å². The van der Waals surface area contributed by atoms with Gasteiger partial charge in [0.1, 0.15) is 5.69 Å². The molecule has 0 saturated carbocycles. The number of benzene rings is 1. The van der Waals surface area contributed by atoms with Crippen molar-refractivity contribution in [3.8, 4) is 0 Å². The van der Waals surface area contributed by atoms with Crippen LogP contribution in [0.15, 0.2) is 66.1 Å². The lowest BCUT2D eigenvalue weighted by Crippen LogP contribution is -2.51. The lowest BCUT2D eigenvalue weighted by molar-refractivity contribution is 0.0771. The van der Waals surface area contributed by atoms with Crippen molar-refractivity contribution in [2.75, 3.05) is 13.1 Å². The number of rotatable bonds is 11. The Morgan fingerprint density at radius 3 is 2.43 bits per heavy atom. The number of amides is 1. The normalized spacial score (nSPS) is 13.7. The van der Waals surface area contributed by atoms with Crippen LogP contribution in [-0.2, 0) is 23.5 Å². The van der Waals surface area contributed by atoms with E-state index in [0.717, 1.165) is 5.56 Å². The third-order valence-corrected chi connectivity index (χ3v) is 7.16. The highest BCUT2D eigenvalue weighted by molar-refractivity contribution is 7.89. The van der Waals surface area contributed by atoms with Gasteiger partial charge in [0.25, 0.3) is 15.9 Å². The molecule has 0 radical (unpaired) electrons. The number of aliphatic hydroxyl groups is 1. The minimum absolute atomic E-state index is 0.0133. The van der Waals surface area contributed by atoms with Gasteiger partial charge < -0.3 is 15.0 Å². The first kappa shape index (κ1) is 26.5. The molecule has 2 N–H and O–H groups in total. The Hall–Kier alpha value is -3.08. The molecule has 2 unspecified atom stereocenters. The fourth-order valence-corrected chi connectivity index (χ4v) is 5.32. The van der Waals surface area contributed by atoms with Crippen molar-refractivity contribution in [2.45, 2.75) is 44.4 Å². The summed E-state index contributed by atoms with van der Waals surface area (Å²) in [5.41, 5.74) is 1.83. The third kappa shape index (κ3) is 7.20. The maximum Gasteiger partial charge on any atom is 0.270 e. The predicted octanol–water partition coefficient (Wildman–Crippen LogP) is 2.17. The van der Waals surface area contributed by atoms with Crippen LogP contribution in [0.3, 0.4) is 0 Å². The number of nitrogens with one attached hydrogen (secondary N) is 1. The minimum atomic E-state index is -3.95. The lowest BCUT2D eigenvalue weighted by atomic mass is 10.0. The van der Waals surface area contributed by atoms with E-state index in [0.29, 0.717) is 12.1 Å². The number of carbonyl (C=O) groups excluding carboxylic acids is 1. The Bertz CT molecular complexity index is 1230. The van der Waals surface area contributed by atoms with Gasteiger partial charge in [-0.05, 0) is 37.0 Å². The summed E-state index contributed by atoms with van der Waals surface area (Å²) in [6.45, 7) is 5.59. The summed E-state index contributed by atoms with van der Waals surface area (Å²) >= 11 is 0. The van der Waals surface area contributed by atoms with Gasteiger partial charge in [0.05, 0.1) is 18.5 Å². The van der Waals surface area contributed by atoms with Gasteiger partial charge in [0, 0.05) is 32.0 Å². The molecule has 3 rings (SSSR count). The van der Waals surface area contributed by atoms with Crippen LogP contribution in [0.25, 0.3) is 0 Å². The molecule has 1 amide bonds. The monoisotopic (exact) mass is 499 g/mol. The van der Waals surface area contributed by atoms with Gasteiger partial charge >= 0.3 is 0 Å². The molecule has 2 atom stereocenters. The largest absolute Gasteiger partial charge is 0.390 e. The fraction of sp³-hybridized carbons (Fsp3) is 0.400. The Labute approximate surface area is 206 Å². The van der Waals surface area contributed by atoms with Gasteiger partial charge in [-0.1, -0.05) is 50.2 Å². The number of aromatic nitrogens is 3. The quantitative estimate of drug-likeness (QED) is 0.418. The van der Waals surface area contributed by atoms with Gasteiger partial charge in [0.15, 0.2) is 5.03 Å². The molecule has 1 aromatic carbocycles. The zero-order valence-electron chi connectivity index (χ0n) is 20.5. The number of pyridine rings is 1. The average Bonchev–Trinajstić information content (AvgIpc) is 3.25. The number of nitrogens with zero attached hydrogens (tertiary/aromatic N) is 4. The highest BCUT2D eigenvalue weighted by Gasteiger charge is 2.32. The number of aliphatic hydroxyl groups excluding tert-OH is 1.